The molecule has 0 bridgehead atoms. The normalized spacial score (nSPS) is 16.0. The van der Waals surface area contributed by atoms with Gasteiger partial charge in [-0.2, -0.15) is 0 Å². The molecule has 6 nitrogen and oxygen atoms in total. The first kappa shape index (κ1) is 15.7. The number of ether oxygens (including phenoxy) is 2. The van der Waals surface area contributed by atoms with Crippen molar-refractivity contribution in [2.24, 2.45) is 0 Å². The fourth-order valence-corrected chi connectivity index (χ4v) is 2.38. The average Bonchev–Trinajstić information content (AvgIpc) is 2.54. The van der Waals surface area contributed by atoms with Crippen molar-refractivity contribution in [2.45, 2.75) is 25.9 Å². The fraction of sp³-hybridized carbons (Fsp3) is 0.600. The second-order valence-corrected chi connectivity index (χ2v) is 4.91. The SMILES string of the molecule is CCOC(=O)c1ccc(N2CCC(OCCO)CC2)nc1. The Morgan fingerprint density at radius 3 is 2.76 bits per heavy atom. The zero-order valence-electron chi connectivity index (χ0n) is 12.3. The predicted octanol–water partition coefficient (Wildman–Crippen LogP) is 1.24. The molecule has 0 aromatic carbocycles. The van der Waals surface area contributed by atoms with Crippen molar-refractivity contribution in [1.82, 2.24) is 4.98 Å². The molecule has 0 aliphatic carbocycles. The maximum atomic E-state index is 11.6. The molecule has 1 N–H and O–H groups in total. The van der Waals surface area contributed by atoms with E-state index < -0.39 is 0 Å². The van der Waals surface area contributed by atoms with Crippen molar-refractivity contribution in [3.8, 4) is 0 Å². The van der Waals surface area contributed by atoms with Gasteiger partial charge in [-0.05, 0) is 31.9 Å². The number of carbonyl (C=O) groups is 1. The monoisotopic (exact) mass is 294 g/mol. The van der Waals surface area contributed by atoms with Crippen molar-refractivity contribution in [3.05, 3.63) is 23.9 Å². The largest absolute Gasteiger partial charge is 0.462 e. The van der Waals surface area contributed by atoms with Gasteiger partial charge in [-0.15, -0.1) is 0 Å². The van der Waals surface area contributed by atoms with Crippen LogP contribution in [0.25, 0.3) is 0 Å². The number of esters is 1. The number of carbonyl (C=O) groups excluding carboxylic acids is 1. The molecule has 2 rings (SSSR count). The molecular weight excluding hydrogens is 272 g/mol. The first-order valence-electron chi connectivity index (χ1n) is 7.35. The predicted molar refractivity (Wildman–Crippen MR) is 78.5 cm³/mol. The summed E-state index contributed by atoms with van der Waals surface area (Å²) in [5.74, 6) is 0.524. The van der Waals surface area contributed by atoms with Gasteiger partial charge in [0.1, 0.15) is 5.82 Å². The number of hydrogen-bond acceptors (Lipinski definition) is 6. The van der Waals surface area contributed by atoms with Crippen LogP contribution in [-0.2, 0) is 9.47 Å². The van der Waals surface area contributed by atoms with Gasteiger partial charge in [0.15, 0.2) is 0 Å². The van der Waals surface area contributed by atoms with Crippen molar-refractivity contribution < 1.29 is 19.4 Å². The Morgan fingerprint density at radius 1 is 1.43 bits per heavy atom. The van der Waals surface area contributed by atoms with E-state index in [1.807, 2.05) is 6.07 Å². The van der Waals surface area contributed by atoms with Gasteiger partial charge in [0.25, 0.3) is 0 Å². The summed E-state index contributed by atoms with van der Waals surface area (Å²) < 4.78 is 10.5. The van der Waals surface area contributed by atoms with Crippen molar-refractivity contribution >= 4 is 11.8 Å². The van der Waals surface area contributed by atoms with Gasteiger partial charge >= 0.3 is 5.97 Å². The molecule has 1 aromatic rings. The van der Waals surface area contributed by atoms with Crippen LogP contribution in [0.3, 0.4) is 0 Å². The molecule has 0 saturated carbocycles. The number of pyridine rings is 1. The Hall–Kier alpha value is -1.66. The quantitative estimate of drug-likeness (QED) is 0.796. The minimum atomic E-state index is -0.340. The third-order valence-corrected chi connectivity index (χ3v) is 3.47. The van der Waals surface area contributed by atoms with Crippen molar-refractivity contribution in [1.29, 1.82) is 0 Å². The summed E-state index contributed by atoms with van der Waals surface area (Å²) in [7, 11) is 0. The van der Waals surface area contributed by atoms with Crippen molar-refractivity contribution in [3.63, 3.8) is 0 Å². The second kappa shape index (κ2) is 7.95. The Morgan fingerprint density at radius 2 is 2.19 bits per heavy atom. The highest BCUT2D eigenvalue weighted by molar-refractivity contribution is 5.89. The number of rotatable bonds is 6. The lowest BCUT2D eigenvalue weighted by Crippen LogP contribution is -2.37. The van der Waals surface area contributed by atoms with Gasteiger partial charge in [0.2, 0.25) is 0 Å². The average molecular weight is 294 g/mol. The highest BCUT2D eigenvalue weighted by Gasteiger charge is 2.20. The van der Waals surface area contributed by atoms with E-state index in [1.165, 1.54) is 0 Å². The van der Waals surface area contributed by atoms with Gasteiger partial charge < -0.3 is 19.5 Å². The summed E-state index contributed by atoms with van der Waals surface area (Å²) in [5, 5.41) is 8.75. The van der Waals surface area contributed by atoms with Crippen LogP contribution in [-0.4, -0.2) is 55.1 Å². The van der Waals surface area contributed by atoms with Crippen LogP contribution in [0.4, 0.5) is 5.82 Å². The minimum absolute atomic E-state index is 0.0666. The molecule has 1 saturated heterocycles. The van der Waals surface area contributed by atoms with E-state index in [4.69, 9.17) is 14.6 Å². The minimum Gasteiger partial charge on any atom is -0.462 e. The van der Waals surface area contributed by atoms with E-state index in [1.54, 1.807) is 19.2 Å². The smallest absolute Gasteiger partial charge is 0.339 e. The summed E-state index contributed by atoms with van der Waals surface area (Å²) in [6.45, 7) is 4.34. The molecule has 6 heteroatoms. The maximum Gasteiger partial charge on any atom is 0.339 e. The number of nitrogens with zero attached hydrogens (tertiary/aromatic N) is 2. The second-order valence-electron chi connectivity index (χ2n) is 4.91. The number of hydrogen-bond donors (Lipinski definition) is 1. The molecule has 0 unspecified atom stereocenters. The number of piperidine rings is 1. The first-order chi connectivity index (χ1) is 10.2. The van der Waals surface area contributed by atoms with Crippen LogP contribution in [0.2, 0.25) is 0 Å². The van der Waals surface area contributed by atoms with E-state index in [-0.39, 0.29) is 18.7 Å². The number of anilines is 1. The van der Waals surface area contributed by atoms with Crippen LogP contribution in [0, 0.1) is 0 Å². The fourth-order valence-electron chi connectivity index (χ4n) is 2.38. The summed E-state index contributed by atoms with van der Waals surface area (Å²) in [4.78, 5) is 18.1. The number of aromatic nitrogens is 1. The lowest BCUT2D eigenvalue weighted by molar-refractivity contribution is 0.0158. The van der Waals surface area contributed by atoms with Gasteiger partial charge in [-0.1, -0.05) is 0 Å². The van der Waals surface area contributed by atoms with Crippen LogP contribution >= 0.6 is 0 Å². The molecule has 1 aliphatic rings. The van der Waals surface area contributed by atoms with Crippen molar-refractivity contribution in [2.75, 3.05) is 37.8 Å². The molecule has 21 heavy (non-hydrogen) atoms. The third kappa shape index (κ3) is 4.41. The molecule has 2 heterocycles. The van der Waals surface area contributed by atoms with E-state index in [0.29, 0.717) is 18.8 Å². The van der Waals surface area contributed by atoms with Gasteiger partial charge in [0, 0.05) is 19.3 Å². The summed E-state index contributed by atoms with van der Waals surface area (Å²) in [6.07, 6.45) is 3.61. The lowest BCUT2D eigenvalue weighted by Gasteiger charge is -2.32. The molecular formula is C15H22N2O4. The van der Waals surface area contributed by atoms with E-state index >= 15 is 0 Å². The highest BCUT2D eigenvalue weighted by atomic mass is 16.5. The Bertz CT molecular complexity index is 441. The molecule has 1 aromatic heterocycles. The van der Waals surface area contributed by atoms with Gasteiger partial charge in [-0.25, -0.2) is 9.78 Å². The van der Waals surface area contributed by atoms with E-state index in [2.05, 4.69) is 9.88 Å². The first-order valence-corrected chi connectivity index (χ1v) is 7.35. The molecule has 116 valence electrons. The zero-order valence-corrected chi connectivity index (χ0v) is 12.3. The third-order valence-electron chi connectivity index (χ3n) is 3.47. The molecule has 0 radical (unpaired) electrons. The summed E-state index contributed by atoms with van der Waals surface area (Å²) in [5.41, 5.74) is 0.474. The zero-order chi connectivity index (χ0) is 15.1. The topological polar surface area (TPSA) is 71.9 Å². The molecule has 0 atom stereocenters. The van der Waals surface area contributed by atoms with Crippen LogP contribution < -0.4 is 4.90 Å². The Balaban J connectivity index is 1.87. The molecule has 1 fully saturated rings. The lowest BCUT2D eigenvalue weighted by atomic mass is 10.1. The van der Waals surface area contributed by atoms with Gasteiger partial charge in [0.05, 0.1) is 31.5 Å². The highest BCUT2D eigenvalue weighted by Crippen LogP contribution is 2.19. The van der Waals surface area contributed by atoms with Crippen LogP contribution in [0.1, 0.15) is 30.1 Å². The molecule has 0 spiro atoms. The number of aliphatic hydroxyl groups excluding tert-OH is 1. The standard InChI is InChI=1S/C15H22N2O4/c1-2-20-15(19)12-3-4-14(16-11-12)17-7-5-13(6-8-17)21-10-9-18/h3-4,11,13,18H,2,5-10H2,1H3. The molecule has 0 amide bonds. The van der Waals surface area contributed by atoms with Crippen LogP contribution in [0.5, 0.6) is 0 Å². The Labute approximate surface area is 124 Å². The maximum absolute atomic E-state index is 11.6. The summed E-state index contributed by atoms with van der Waals surface area (Å²) >= 11 is 0. The van der Waals surface area contributed by atoms with Gasteiger partial charge in [-0.3, -0.25) is 0 Å². The molecule has 1 aliphatic heterocycles. The summed E-state index contributed by atoms with van der Waals surface area (Å²) in [6, 6.07) is 3.59. The Kier molecular flexibility index (Phi) is 5.95. The number of aliphatic hydroxyl groups is 1. The van der Waals surface area contributed by atoms with E-state index in [9.17, 15) is 4.79 Å². The van der Waals surface area contributed by atoms with E-state index in [0.717, 1.165) is 31.7 Å². The van der Waals surface area contributed by atoms with Crippen LogP contribution in [0.15, 0.2) is 18.3 Å².